The molecule has 1 nitrogen and oxygen atoms in total. The van der Waals surface area contributed by atoms with Crippen molar-refractivity contribution >= 4 is 30.7 Å². The van der Waals surface area contributed by atoms with Crippen LogP contribution in [0, 0.1) is 0 Å². The molecule has 0 N–H and O–H groups in total. The third-order valence-electron chi connectivity index (χ3n) is 5.16. The van der Waals surface area contributed by atoms with Gasteiger partial charge >= 0.3 is 154 Å². The van der Waals surface area contributed by atoms with E-state index in [0.717, 1.165) is 6.29 Å². The summed E-state index contributed by atoms with van der Waals surface area (Å²) in [7, 11) is 0. The average molecular weight is 435 g/mol. The van der Waals surface area contributed by atoms with Gasteiger partial charge in [-0.1, -0.05) is 0 Å². The summed E-state index contributed by atoms with van der Waals surface area (Å²) < 4.78 is 5.97. The summed E-state index contributed by atoms with van der Waals surface area (Å²) in [4.78, 5) is 10.7. The van der Waals surface area contributed by atoms with Crippen molar-refractivity contribution in [2.75, 3.05) is 0 Å². The van der Waals surface area contributed by atoms with Crippen molar-refractivity contribution in [3.63, 3.8) is 0 Å². The Bertz CT molecular complexity index is 471. The topological polar surface area (TPSA) is 17.1 Å². The fourth-order valence-electron chi connectivity index (χ4n) is 3.70. The van der Waals surface area contributed by atoms with Crippen molar-refractivity contribution in [3.05, 3.63) is 41.5 Å². The second-order valence-electron chi connectivity index (χ2n) is 7.18. The van der Waals surface area contributed by atoms with Gasteiger partial charge in [-0.05, 0) is 0 Å². The second-order valence-corrected chi connectivity index (χ2v) is 21.0. The van der Waals surface area contributed by atoms with E-state index in [4.69, 9.17) is 0 Å². The molecular weight excluding hydrogens is 399 g/mol. The molecule has 0 atom stereocenters. The molecule has 0 amide bonds. The molecule has 0 spiro atoms. The molecule has 0 aromatic heterocycles. The predicted octanol–water partition coefficient (Wildman–Crippen LogP) is 6.83. The number of unbranched alkanes of at least 4 members (excludes halogenated alkanes) is 3. The Morgan fingerprint density at radius 1 is 0.875 bits per heavy atom. The molecule has 0 aliphatic rings. The van der Waals surface area contributed by atoms with Gasteiger partial charge in [-0.25, -0.2) is 0 Å². The predicted molar refractivity (Wildman–Crippen MR) is 110 cm³/mol. The average Bonchev–Trinajstić information content (AvgIpc) is 2.62. The normalized spacial score (nSPS) is 12.0. The third kappa shape index (κ3) is 7.54. The molecule has 24 heavy (non-hydrogen) atoms. The maximum atomic E-state index is 10.7. The fourth-order valence-corrected chi connectivity index (χ4v) is 20.0. The van der Waals surface area contributed by atoms with Crippen molar-refractivity contribution in [2.24, 2.45) is 0 Å². The maximum absolute atomic E-state index is 10.7. The molecule has 0 saturated heterocycles. The van der Waals surface area contributed by atoms with Gasteiger partial charge in [0.05, 0.1) is 0 Å². The van der Waals surface area contributed by atoms with Gasteiger partial charge in [-0.3, -0.25) is 0 Å². The van der Waals surface area contributed by atoms with Crippen LogP contribution in [0.15, 0.2) is 30.3 Å². The summed E-state index contributed by atoms with van der Waals surface area (Å²) in [5.41, 5.74) is 2.75. The summed E-state index contributed by atoms with van der Waals surface area (Å²) in [5, 5.41) is 0. The van der Waals surface area contributed by atoms with E-state index >= 15 is 0 Å². The van der Waals surface area contributed by atoms with Crippen LogP contribution in [0.2, 0.25) is 13.3 Å². The first-order valence-electron chi connectivity index (χ1n) is 9.91. The van der Waals surface area contributed by atoms with Crippen LogP contribution < -0.4 is 0 Å². The van der Waals surface area contributed by atoms with Crippen LogP contribution in [0.25, 0.3) is 6.08 Å². The van der Waals surface area contributed by atoms with E-state index in [9.17, 15) is 4.79 Å². The Morgan fingerprint density at radius 2 is 1.42 bits per heavy atom. The monoisotopic (exact) mass is 436 g/mol. The van der Waals surface area contributed by atoms with E-state index in [1.807, 2.05) is 6.08 Å². The van der Waals surface area contributed by atoms with E-state index in [1.54, 1.807) is 6.08 Å². The molecule has 1 aromatic carbocycles. The van der Waals surface area contributed by atoms with E-state index in [-0.39, 0.29) is 0 Å². The Morgan fingerprint density at radius 3 is 1.92 bits per heavy atom. The Balaban J connectivity index is 3.08. The zero-order valence-electron chi connectivity index (χ0n) is 16.0. The number of hydrogen-bond donors (Lipinski definition) is 0. The molecule has 0 aliphatic heterocycles. The van der Waals surface area contributed by atoms with Gasteiger partial charge in [0.2, 0.25) is 0 Å². The molecule has 0 bridgehead atoms. The van der Waals surface area contributed by atoms with E-state index in [1.165, 1.54) is 67.4 Å². The molecule has 0 saturated carbocycles. The van der Waals surface area contributed by atoms with Crippen molar-refractivity contribution in [1.82, 2.24) is 0 Å². The Hall–Kier alpha value is -0.571. The first-order valence-corrected chi connectivity index (χ1v) is 18.0. The number of carbonyl (C=O) groups excluding carboxylic acids is 1. The number of aldehydes is 1. The van der Waals surface area contributed by atoms with Gasteiger partial charge in [0.1, 0.15) is 0 Å². The molecule has 0 unspecified atom stereocenters. The van der Waals surface area contributed by atoms with E-state index < -0.39 is 18.4 Å². The fraction of sp³-hybridized carbons (Fsp3) is 0.591. The van der Waals surface area contributed by atoms with Gasteiger partial charge in [0.15, 0.2) is 0 Å². The summed E-state index contributed by atoms with van der Waals surface area (Å²) in [6, 6.07) is 8.74. The minimum absolute atomic E-state index is 0.887. The first kappa shape index (κ1) is 21.5. The Kier molecular flexibility index (Phi) is 11.4. The molecule has 0 heterocycles. The zero-order valence-corrected chi connectivity index (χ0v) is 18.9. The summed E-state index contributed by atoms with van der Waals surface area (Å²) in [6.45, 7) is 6.99. The molecule has 134 valence electrons. The standard InChI is InChI=1S/C10H9O.3C4H9.Sn/c1-9-5-2-3-6-10(9)7-4-8-11;3*1-3-4-2;/h2-8H,1H2;3*1,3-4H2,2H3;/b7-4+;;;;. The quantitative estimate of drug-likeness (QED) is 0.189. The van der Waals surface area contributed by atoms with Crippen LogP contribution in [0.1, 0.15) is 70.4 Å². The van der Waals surface area contributed by atoms with E-state index in [2.05, 4.69) is 45.0 Å². The van der Waals surface area contributed by atoms with Crippen molar-refractivity contribution in [3.8, 4) is 0 Å². The van der Waals surface area contributed by atoms with E-state index in [0.29, 0.717) is 0 Å². The van der Waals surface area contributed by atoms with Crippen molar-refractivity contribution in [1.29, 1.82) is 0 Å². The number of rotatable bonds is 13. The number of carbonyl (C=O) groups is 1. The second kappa shape index (κ2) is 12.7. The summed E-state index contributed by atoms with van der Waals surface area (Å²) >= 11 is -2.17. The van der Waals surface area contributed by atoms with Gasteiger partial charge in [0, 0.05) is 0 Å². The zero-order chi connectivity index (χ0) is 17.7. The van der Waals surface area contributed by atoms with Crippen molar-refractivity contribution in [2.45, 2.75) is 77.0 Å². The van der Waals surface area contributed by atoms with Crippen LogP contribution in [-0.2, 0) is 9.23 Å². The summed E-state index contributed by atoms with van der Waals surface area (Å²) in [6.07, 6.45) is 12.7. The van der Waals surface area contributed by atoms with Gasteiger partial charge < -0.3 is 0 Å². The van der Waals surface area contributed by atoms with Crippen LogP contribution in [0.4, 0.5) is 0 Å². The van der Waals surface area contributed by atoms with Gasteiger partial charge in [-0.15, -0.1) is 0 Å². The van der Waals surface area contributed by atoms with Crippen molar-refractivity contribution < 1.29 is 4.79 Å². The third-order valence-corrected chi connectivity index (χ3v) is 20.5. The first-order chi connectivity index (χ1) is 11.7. The number of benzene rings is 1. The number of allylic oxidation sites excluding steroid dienone is 1. The molecular formula is C22H36OSn. The number of hydrogen-bond acceptors (Lipinski definition) is 1. The van der Waals surface area contributed by atoms with Gasteiger partial charge in [0.25, 0.3) is 0 Å². The molecule has 0 aliphatic carbocycles. The SMILES string of the molecule is CCC[CH2][Sn]([CH2]CCC)([CH2]CCC)[CH2]c1ccccc1/C=C/C=O. The van der Waals surface area contributed by atoms with Gasteiger partial charge in [-0.2, -0.15) is 0 Å². The molecule has 1 aromatic rings. The molecule has 0 fully saturated rings. The molecule has 0 radical (unpaired) electrons. The molecule has 1 rings (SSSR count). The van der Waals surface area contributed by atoms with Crippen LogP contribution >= 0.6 is 0 Å². The Labute approximate surface area is 153 Å². The molecule has 2 heteroatoms. The van der Waals surface area contributed by atoms with Crippen LogP contribution in [0.3, 0.4) is 0 Å². The summed E-state index contributed by atoms with van der Waals surface area (Å²) in [5.74, 6) is 0. The minimum atomic E-state index is -2.17. The van der Waals surface area contributed by atoms with Crippen LogP contribution in [0.5, 0.6) is 0 Å². The van der Waals surface area contributed by atoms with Crippen LogP contribution in [-0.4, -0.2) is 24.7 Å².